The van der Waals surface area contributed by atoms with Crippen LogP contribution in [0.2, 0.25) is 0 Å². The Labute approximate surface area is 188 Å². The zero-order valence-electron chi connectivity index (χ0n) is 14.2. The molecule has 0 spiro atoms. The number of carbonyl (C=O) groups excluding carboxylic acids is 1. The first-order valence-electron chi connectivity index (χ1n) is 7.27. The smallest absolute Gasteiger partial charge is 0.199 e. The van der Waals surface area contributed by atoms with Gasteiger partial charge in [0.1, 0.15) is 0 Å². The zero-order valence-corrected chi connectivity index (χ0v) is 21.6. The van der Waals surface area contributed by atoms with E-state index in [2.05, 4.69) is 0 Å². The molecule has 0 aliphatic heterocycles. The predicted molar refractivity (Wildman–Crippen MR) is 136 cm³/mol. The maximum Gasteiger partial charge on any atom is 0.199 e. The van der Waals surface area contributed by atoms with Gasteiger partial charge in [-0.2, -0.15) is 35.3 Å². The first-order valence-corrected chi connectivity index (χ1v) is 18.1. The molecule has 0 saturated carbocycles. The fraction of sp³-hybridized carbons (Fsp3) is 0.923. The molecule has 1 atom stereocenters. The SMILES string of the molecule is CSCSC(=O)CSCSCSCSCCS(=O)CCSCSCO. The highest BCUT2D eigenvalue weighted by atomic mass is 32.3. The van der Waals surface area contributed by atoms with Crippen LogP contribution in [-0.4, -0.2) is 80.8 Å². The van der Waals surface area contributed by atoms with Crippen molar-refractivity contribution < 1.29 is 14.1 Å². The summed E-state index contributed by atoms with van der Waals surface area (Å²) < 4.78 is 11.8. The van der Waals surface area contributed by atoms with Gasteiger partial charge in [0.15, 0.2) is 5.12 Å². The Kier molecular flexibility index (Phi) is 25.2. The number of rotatable bonds is 19. The van der Waals surface area contributed by atoms with Crippen molar-refractivity contribution in [2.24, 2.45) is 0 Å². The van der Waals surface area contributed by atoms with Crippen LogP contribution >= 0.6 is 94.1 Å². The Morgan fingerprint density at radius 2 is 1.40 bits per heavy atom. The molecule has 0 radical (unpaired) electrons. The van der Waals surface area contributed by atoms with Crippen LogP contribution < -0.4 is 0 Å². The third-order valence-electron chi connectivity index (χ3n) is 2.23. The van der Waals surface area contributed by atoms with Crippen LogP contribution in [0.5, 0.6) is 0 Å². The molecule has 0 heterocycles. The molecule has 0 fully saturated rings. The summed E-state index contributed by atoms with van der Waals surface area (Å²) in [6, 6.07) is 0. The van der Waals surface area contributed by atoms with Gasteiger partial charge < -0.3 is 5.11 Å². The summed E-state index contributed by atoms with van der Waals surface area (Å²) in [4.78, 5) is 11.5. The number of hydrogen-bond acceptors (Lipinski definition) is 11. The fourth-order valence-corrected chi connectivity index (χ4v) is 10.8. The third-order valence-corrected chi connectivity index (χ3v) is 13.1. The van der Waals surface area contributed by atoms with Crippen LogP contribution in [0.3, 0.4) is 0 Å². The van der Waals surface area contributed by atoms with Crippen LogP contribution in [0.1, 0.15) is 0 Å². The van der Waals surface area contributed by atoms with Crippen molar-refractivity contribution in [1.82, 2.24) is 0 Å². The Morgan fingerprint density at radius 3 is 2.00 bits per heavy atom. The Morgan fingerprint density at radius 1 is 0.840 bits per heavy atom. The summed E-state index contributed by atoms with van der Waals surface area (Å²) in [7, 11) is -0.711. The molecular formula is C13H26O3S9. The average molecular weight is 519 g/mol. The molecule has 150 valence electrons. The highest BCUT2D eigenvalue weighted by molar-refractivity contribution is 8.27. The van der Waals surface area contributed by atoms with Gasteiger partial charge in [-0.05, 0) is 6.26 Å². The largest absolute Gasteiger partial charge is 0.386 e. The molecule has 1 N–H and O–H groups in total. The maximum atomic E-state index is 11.8. The van der Waals surface area contributed by atoms with Crippen molar-refractivity contribution in [3.63, 3.8) is 0 Å². The van der Waals surface area contributed by atoms with Gasteiger partial charge in [-0.25, -0.2) is 0 Å². The molecular weight excluding hydrogens is 493 g/mol. The van der Waals surface area contributed by atoms with Gasteiger partial charge >= 0.3 is 0 Å². The lowest BCUT2D eigenvalue weighted by atomic mass is 10.9. The highest BCUT2D eigenvalue weighted by Crippen LogP contribution is 2.22. The van der Waals surface area contributed by atoms with Crippen molar-refractivity contribution in [1.29, 1.82) is 0 Å². The molecule has 0 aromatic heterocycles. The number of thioether (sulfide) groups is 8. The minimum Gasteiger partial charge on any atom is -0.386 e. The summed E-state index contributed by atoms with van der Waals surface area (Å²) in [5, 5.41) is 13.7. The standard InChI is InChI=1S/C13H26O3S9/c1-17-8-24-13(15)6-20-11-23-12-22-10-19-3-5-25(16)4-2-18-9-21-7-14/h14H,2-12H2,1H3. The monoisotopic (exact) mass is 518 g/mol. The van der Waals surface area contributed by atoms with Gasteiger partial charge in [-0.1, -0.05) is 11.8 Å². The van der Waals surface area contributed by atoms with E-state index in [-0.39, 0.29) is 11.1 Å². The van der Waals surface area contributed by atoms with Gasteiger partial charge in [0.2, 0.25) is 0 Å². The summed E-state index contributed by atoms with van der Waals surface area (Å²) in [5.74, 6) is 4.17. The van der Waals surface area contributed by atoms with Crippen molar-refractivity contribution >= 4 is 110 Å². The topological polar surface area (TPSA) is 54.4 Å². The lowest BCUT2D eigenvalue weighted by Gasteiger charge is -2.04. The fourth-order valence-electron chi connectivity index (χ4n) is 1.16. The van der Waals surface area contributed by atoms with E-state index in [9.17, 15) is 9.00 Å². The van der Waals surface area contributed by atoms with Crippen molar-refractivity contribution in [3.05, 3.63) is 0 Å². The highest BCUT2D eigenvalue weighted by Gasteiger charge is 2.03. The summed E-state index contributed by atoms with van der Waals surface area (Å²) in [5.41, 5.74) is 0. The van der Waals surface area contributed by atoms with E-state index in [4.69, 9.17) is 5.11 Å². The second kappa shape index (κ2) is 22.9. The molecule has 0 aromatic rings. The van der Waals surface area contributed by atoms with E-state index in [1.54, 1.807) is 35.3 Å². The van der Waals surface area contributed by atoms with Gasteiger partial charge in [0.05, 0.1) is 11.7 Å². The number of carbonyl (C=O) groups is 1. The molecule has 12 heteroatoms. The Bertz CT molecular complexity index is 334. The van der Waals surface area contributed by atoms with Crippen molar-refractivity contribution in [2.75, 3.05) is 66.4 Å². The van der Waals surface area contributed by atoms with E-state index in [1.807, 2.05) is 41.5 Å². The van der Waals surface area contributed by atoms with Gasteiger partial charge in [0.25, 0.3) is 0 Å². The second-order valence-electron chi connectivity index (χ2n) is 4.15. The van der Waals surface area contributed by atoms with E-state index in [1.165, 1.54) is 23.5 Å². The molecule has 0 amide bonds. The molecule has 25 heavy (non-hydrogen) atoms. The van der Waals surface area contributed by atoms with Gasteiger partial charge in [-0.15, -0.1) is 47.0 Å². The quantitative estimate of drug-likeness (QED) is 0.194. The molecule has 0 aliphatic carbocycles. The number of aliphatic hydroxyl groups excluding tert-OH is 1. The zero-order chi connectivity index (χ0) is 18.6. The van der Waals surface area contributed by atoms with E-state index in [0.29, 0.717) is 5.75 Å². The Balaban J connectivity index is 3.20. The summed E-state index contributed by atoms with van der Waals surface area (Å²) in [6.07, 6.45) is 2.01. The number of hydrogen-bond donors (Lipinski definition) is 1. The van der Waals surface area contributed by atoms with Crippen molar-refractivity contribution in [3.8, 4) is 0 Å². The lowest BCUT2D eigenvalue weighted by molar-refractivity contribution is -0.108. The van der Waals surface area contributed by atoms with Crippen LogP contribution in [0, 0.1) is 0 Å². The summed E-state index contributed by atoms with van der Waals surface area (Å²) in [6.45, 7) is 0. The van der Waals surface area contributed by atoms with E-state index in [0.717, 1.165) is 48.4 Å². The van der Waals surface area contributed by atoms with Gasteiger partial charge in [0, 0.05) is 59.2 Å². The average Bonchev–Trinajstić information content (AvgIpc) is 2.61. The molecule has 0 aromatic carbocycles. The van der Waals surface area contributed by atoms with Gasteiger partial charge in [-0.3, -0.25) is 9.00 Å². The Hall–Kier alpha value is 2.58. The van der Waals surface area contributed by atoms with Crippen LogP contribution in [0.25, 0.3) is 0 Å². The van der Waals surface area contributed by atoms with Crippen LogP contribution in [-0.2, 0) is 15.6 Å². The molecule has 0 rings (SSSR count). The molecule has 0 bridgehead atoms. The second-order valence-corrected chi connectivity index (χ2v) is 15.7. The minimum atomic E-state index is -0.711. The van der Waals surface area contributed by atoms with Crippen molar-refractivity contribution in [2.45, 2.75) is 0 Å². The summed E-state index contributed by atoms with van der Waals surface area (Å²) >= 11 is 13.6. The lowest BCUT2D eigenvalue weighted by Crippen LogP contribution is -2.07. The minimum absolute atomic E-state index is 0.163. The first kappa shape index (κ1) is 27.6. The molecule has 0 saturated heterocycles. The normalized spacial score (nSPS) is 12.4. The molecule has 3 nitrogen and oxygen atoms in total. The molecule has 1 unspecified atom stereocenters. The molecule has 0 aliphatic rings. The maximum absolute atomic E-state index is 11.8. The van der Waals surface area contributed by atoms with E-state index < -0.39 is 10.8 Å². The van der Waals surface area contributed by atoms with Crippen LogP contribution in [0.15, 0.2) is 0 Å². The van der Waals surface area contributed by atoms with Crippen LogP contribution in [0.4, 0.5) is 0 Å². The predicted octanol–water partition coefficient (Wildman–Crippen LogP) is 4.49. The number of aliphatic hydroxyl groups is 1. The third kappa shape index (κ3) is 22.7. The first-order chi connectivity index (χ1) is 12.2. The van der Waals surface area contributed by atoms with E-state index >= 15 is 0 Å².